The fourth-order valence-electron chi connectivity index (χ4n) is 3.81. The van der Waals surface area contributed by atoms with Gasteiger partial charge in [-0.25, -0.2) is 13.1 Å². The van der Waals surface area contributed by atoms with E-state index in [4.69, 9.17) is 0 Å². The lowest BCUT2D eigenvalue weighted by Gasteiger charge is -2.31. The molecule has 3 rings (SSSR count). The van der Waals surface area contributed by atoms with Crippen LogP contribution < -0.4 is 10.0 Å². The van der Waals surface area contributed by atoms with Crippen molar-refractivity contribution in [1.82, 2.24) is 10.0 Å². The van der Waals surface area contributed by atoms with Gasteiger partial charge in [-0.2, -0.15) is 0 Å². The van der Waals surface area contributed by atoms with Crippen molar-refractivity contribution in [2.24, 2.45) is 23.7 Å². The minimum Gasteiger partial charge on any atom is -0.356 e. The molecule has 3 aliphatic carbocycles. The lowest BCUT2D eigenvalue weighted by Crippen LogP contribution is -2.46. The molecule has 2 unspecified atom stereocenters. The molecule has 0 heterocycles. The molecule has 0 radical (unpaired) electrons. The van der Waals surface area contributed by atoms with Crippen molar-refractivity contribution >= 4 is 15.9 Å². The second-order valence-electron chi connectivity index (χ2n) is 7.13. The minimum absolute atomic E-state index is 0.0208. The van der Waals surface area contributed by atoms with Crippen molar-refractivity contribution in [1.29, 1.82) is 0 Å². The lowest BCUT2D eigenvalue weighted by molar-refractivity contribution is -0.122. The second kappa shape index (κ2) is 5.88. The monoisotopic (exact) mass is 314 g/mol. The van der Waals surface area contributed by atoms with E-state index in [0.717, 1.165) is 38.0 Å². The topological polar surface area (TPSA) is 75.3 Å². The van der Waals surface area contributed by atoms with Gasteiger partial charge in [-0.15, -0.1) is 0 Å². The number of amides is 1. The predicted octanol–water partition coefficient (Wildman–Crippen LogP) is 1.26. The van der Waals surface area contributed by atoms with Gasteiger partial charge in [-0.1, -0.05) is 12.8 Å². The summed E-state index contributed by atoms with van der Waals surface area (Å²) in [4.78, 5) is 12.1. The quantitative estimate of drug-likeness (QED) is 0.775. The molecule has 4 atom stereocenters. The van der Waals surface area contributed by atoms with Crippen LogP contribution in [0.4, 0.5) is 0 Å². The predicted molar refractivity (Wildman–Crippen MR) is 81.1 cm³/mol. The van der Waals surface area contributed by atoms with E-state index < -0.39 is 10.0 Å². The van der Waals surface area contributed by atoms with E-state index in [-0.39, 0.29) is 23.8 Å². The number of rotatable bonds is 6. The van der Waals surface area contributed by atoms with Gasteiger partial charge in [0.25, 0.3) is 0 Å². The molecular weight excluding hydrogens is 288 g/mol. The minimum atomic E-state index is -3.17. The first-order valence-corrected chi connectivity index (χ1v) is 10.1. The van der Waals surface area contributed by atoms with Gasteiger partial charge in [0.1, 0.15) is 0 Å². The first kappa shape index (κ1) is 15.3. The fourth-order valence-corrected chi connectivity index (χ4v) is 4.67. The summed E-state index contributed by atoms with van der Waals surface area (Å²) in [5.74, 6) is 2.12. The van der Waals surface area contributed by atoms with E-state index in [0.29, 0.717) is 12.5 Å². The molecule has 0 aromatic rings. The van der Waals surface area contributed by atoms with Crippen LogP contribution >= 0.6 is 0 Å². The van der Waals surface area contributed by atoms with E-state index in [1.165, 1.54) is 19.1 Å². The number of hydrogen-bond acceptors (Lipinski definition) is 3. The van der Waals surface area contributed by atoms with Crippen molar-refractivity contribution < 1.29 is 13.2 Å². The Kier molecular flexibility index (Phi) is 4.28. The van der Waals surface area contributed by atoms with Crippen molar-refractivity contribution in [2.45, 2.75) is 51.0 Å². The molecule has 0 aromatic carbocycles. The summed E-state index contributed by atoms with van der Waals surface area (Å²) in [6, 6.07) is -0.0208. The smallest absolute Gasteiger partial charge is 0.223 e. The molecular formula is C15H26N2O3S. The average molecular weight is 314 g/mol. The third-order valence-electron chi connectivity index (χ3n) is 5.22. The molecule has 0 bridgehead atoms. The number of nitrogens with one attached hydrogen (secondary N) is 2. The zero-order valence-electron chi connectivity index (χ0n) is 12.7. The van der Waals surface area contributed by atoms with E-state index in [1.54, 1.807) is 0 Å². The highest BCUT2D eigenvalue weighted by Gasteiger charge is 2.51. The Bertz CT molecular complexity index is 501. The third kappa shape index (κ3) is 4.19. The summed E-state index contributed by atoms with van der Waals surface area (Å²) < 4.78 is 25.6. The van der Waals surface area contributed by atoms with Crippen LogP contribution in [0.1, 0.15) is 44.9 Å². The maximum absolute atomic E-state index is 12.1. The van der Waals surface area contributed by atoms with Gasteiger partial charge < -0.3 is 5.32 Å². The molecule has 6 heteroatoms. The van der Waals surface area contributed by atoms with Crippen molar-refractivity contribution in [3.63, 3.8) is 0 Å². The summed E-state index contributed by atoms with van der Waals surface area (Å²) in [7, 11) is -3.17. The van der Waals surface area contributed by atoms with Gasteiger partial charge in [0.2, 0.25) is 15.9 Å². The van der Waals surface area contributed by atoms with Gasteiger partial charge >= 0.3 is 0 Å². The van der Waals surface area contributed by atoms with Gasteiger partial charge in [0.15, 0.2) is 0 Å². The molecule has 21 heavy (non-hydrogen) atoms. The van der Waals surface area contributed by atoms with Crippen LogP contribution in [-0.2, 0) is 14.8 Å². The zero-order chi connectivity index (χ0) is 15.0. The van der Waals surface area contributed by atoms with Crippen LogP contribution in [0.5, 0.6) is 0 Å². The van der Waals surface area contributed by atoms with Gasteiger partial charge in [0, 0.05) is 18.5 Å². The molecule has 0 aromatic heterocycles. The Morgan fingerprint density at radius 1 is 1.14 bits per heavy atom. The standard InChI is InChI=1S/C15H26N2O3S/c1-21(19,20)17-14-5-3-2-4-11(14)9-16-15(18)13-8-12(13)10-6-7-10/h10-14,17H,2-9H2,1H3,(H,16,18)/t11?,12-,13+,14?/m1/s1. The highest BCUT2D eigenvalue weighted by atomic mass is 32.2. The Hall–Kier alpha value is -0.620. The van der Waals surface area contributed by atoms with E-state index in [9.17, 15) is 13.2 Å². The molecule has 0 aliphatic heterocycles. The largest absolute Gasteiger partial charge is 0.356 e. The Morgan fingerprint density at radius 3 is 2.52 bits per heavy atom. The zero-order valence-corrected chi connectivity index (χ0v) is 13.5. The Labute approximate surface area is 127 Å². The molecule has 5 nitrogen and oxygen atoms in total. The summed E-state index contributed by atoms with van der Waals surface area (Å²) >= 11 is 0. The maximum Gasteiger partial charge on any atom is 0.223 e. The summed E-state index contributed by atoms with van der Waals surface area (Å²) in [6.45, 7) is 0.611. The Balaban J connectivity index is 1.47. The summed E-state index contributed by atoms with van der Waals surface area (Å²) in [5, 5.41) is 3.07. The third-order valence-corrected chi connectivity index (χ3v) is 5.95. The summed E-state index contributed by atoms with van der Waals surface area (Å²) in [5.41, 5.74) is 0. The normalized spacial score (nSPS) is 36.2. The molecule has 1 amide bonds. The van der Waals surface area contributed by atoms with Gasteiger partial charge in [-0.05, 0) is 49.9 Å². The second-order valence-corrected chi connectivity index (χ2v) is 8.91. The van der Waals surface area contributed by atoms with Crippen LogP contribution in [0.2, 0.25) is 0 Å². The number of hydrogen-bond donors (Lipinski definition) is 2. The molecule has 3 fully saturated rings. The van der Waals surface area contributed by atoms with E-state index in [1.807, 2.05) is 0 Å². The Morgan fingerprint density at radius 2 is 1.86 bits per heavy atom. The summed E-state index contributed by atoms with van der Waals surface area (Å²) in [6.07, 6.45) is 8.93. The van der Waals surface area contributed by atoms with E-state index in [2.05, 4.69) is 10.0 Å². The molecule has 3 aliphatic rings. The first-order valence-electron chi connectivity index (χ1n) is 8.19. The van der Waals surface area contributed by atoms with Gasteiger partial charge in [-0.3, -0.25) is 4.79 Å². The molecule has 0 saturated heterocycles. The van der Waals surface area contributed by atoms with Crippen molar-refractivity contribution in [2.75, 3.05) is 12.8 Å². The molecule has 0 spiro atoms. The molecule has 120 valence electrons. The fraction of sp³-hybridized carbons (Fsp3) is 0.933. The average Bonchev–Trinajstić information content (AvgIpc) is 3.26. The lowest BCUT2D eigenvalue weighted by atomic mass is 9.85. The van der Waals surface area contributed by atoms with Crippen molar-refractivity contribution in [3.05, 3.63) is 0 Å². The van der Waals surface area contributed by atoms with Crippen LogP contribution in [0.25, 0.3) is 0 Å². The van der Waals surface area contributed by atoms with Crippen LogP contribution in [-0.4, -0.2) is 33.2 Å². The first-order chi connectivity index (χ1) is 9.94. The molecule has 2 N–H and O–H groups in total. The highest BCUT2D eigenvalue weighted by molar-refractivity contribution is 7.88. The van der Waals surface area contributed by atoms with Crippen LogP contribution in [0, 0.1) is 23.7 Å². The van der Waals surface area contributed by atoms with E-state index >= 15 is 0 Å². The van der Waals surface area contributed by atoms with Gasteiger partial charge in [0.05, 0.1) is 6.26 Å². The van der Waals surface area contributed by atoms with Crippen LogP contribution in [0.3, 0.4) is 0 Å². The maximum atomic E-state index is 12.1. The SMILES string of the molecule is CS(=O)(=O)NC1CCCCC1CNC(=O)[C@H]1C[C@@H]1C1CC1. The van der Waals surface area contributed by atoms with Crippen LogP contribution in [0.15, 0.2) is 0 Å². The molecule has 3 saturated carbocycles. The highest BCUT2D eigenvalue weighted by Crippen LogP contribution is 2.54. The number of carbonyl (C=O) groups is 1. The van der Waals surface area contributed by atoms with Crippen molar-refractivity contribution in [3.8, 4) is 0 Å². The number of carbonyl (C=O) groups excluding carboxylic acids is 1. The number of sulfonamides is 1.